The molecule has 0 bridgehead atoms. The van der Waals surface area contributed by atoms with E-state index in [0.29, 0.717) is 52.7 Å². The summed E-state index contributed by atoms with van der Waals surface area (Å²) in [6.07, 6.45) is 0.783. The molecule has 1 fully saturated rings. The Morgan fingerprint density at radius 1 is 1.10 bits per heavy atom. The molecule has 1 saturated heterocycles. The Balaban J connectivity index is 1.60. The number of likely N-dealkylation sites (tertiary alicyclic amines) is 1. The van der Waals surface area contributed by atoms with Crippen molar-refractivity contribution in [2.75, 3.05) is 18.8 Å². The number of para-hydroxylation sites is 1. The molecular formula is C22H19ClN3O4S-. The molecule has 0 saturated carbocycles. The van der Waals surface area contributed by atoms with Crippen LogP contribution in [0, 0.1) is 5.92 Å². The van der Waals surface area contributed by atoms with Crippen LogP contribution in [-0.2, 0) is 9.59 Å². The molecule has 0 aliphatic carbocycles. The number of benzene rings is 2. The van der Waals surface area contributed by atoms with Gasteiger partial charge in [-0.2, -0.15) is 0 Å². The third kappa shape index (κ3) is 4.60. The fourth-order valence-electron chi connectivity index (χ4n) is 3.61. The van der Waals surface area contributed by atoms with Crippen molar-refractivity contribution >= 4 is 46.1 Å². The summed E-state index contributed by atoms with van der Waals surface area (Å²) in [6, 6.07) is 13.9. The number of hydrogen-bond donors (Lipinski definition) is 0. The van der Waals surface area contributed by atoms with Crippen LogP contribution in [0.3, 0.4) is 0 Å². The second-order valence-corrected chi connectivity index (χ2v) is 8.67. The maximum Gasteiger partial charge on any atom is 0.266 e. The molecule has 2 heterocycles. The molecule has 160 valence electrons. The Morgan fingerprint density at radius 2 is 1.77 bits per heavy atom. The fraction of sp³-hybridized carbons (Fsp3) is 0.273. The second-order valence-electron chi connectivity index (χ2n) is 7.29. The van der Waals surface area contributed by atoms with Crippen molar-refractivity contribution in [3.8, 4) is 5.69 Å². The zero-order valence-corrected chi connectivity index (χ0v) is 18.1. The van der Waals surface area contributed by atoms with Crippen molar-refractivity contribution in [2.24, 2.45) is 5.92 Å². The van der Waals surface area contributed by atoms with E-state index in [-0.39, 0.29) is 17.2 Å². The normalized spacial score (nSPS) is 14.7. The average molecular weight is 457 g/mol. The molecule has 31 heavy (non-hydrogen) atoms. The molecule has 1 aromatic heterocycles. The Hall–Kier alpha value is -2.84. The van der Waals surface area contributed by atoms with E-state index in [1.54, 1.807) is 47.4 Å². The van der Waals surface area contributed by atoms with Crippen molar-refractivity contribution in [1.29, 1.82) is 0 Å². The molecule has 7 nitrogen and oxygen atoms in total. The van der Waals surface area contributed by atoms with Crippen molar-refractivity contribution in [3.05, 3.63) is 63.9 Å². The first kappa shape index (κ1) is 21.4. The number of carboxylic acids is 1. The lowest BCUT2D eigenvalue weighted by Crippen LogP contribution is -2.44. The number of nitrogens with zero attached hydrogens (tertiary/aromatic N) is 3. The van der Waals surface area contributed by atoms with Crippen molar-refractivity contribution in [1.82, 2.24) is 14.5 Å². The van der Waals surface area contributed by atoms with Gasteiger partial charge in [0.15, 0.2) is 5.16 Å². The average Bonchev–Trinajstić information content (AvgIpc) is 2.78. The quantitative estimate of drug-likeness (QED) is 0.431. The highest BCUT2D eigenvalue weighted by molar-refractivity contribution is 7.99. The minimum atomic E-state index is -1.06. The fourth-order valence-corrected chi connectivity index (χ4v) is 4.65. The molecule has 1 aliphatic heterocycles. The van der Waals surface area contributed by atoms with Gasteiger partial charge in [-0.3, -0.25) is 14.2 Å². The summed E-state index contributed by atoms with van der Waals surface area (Å²) in [5.74, 6) is -1.59. The van der Waals surface area contributed by atoms with Crippen LogP contribution in [0.4, 0.5) is 0 Å². The van der Waals surface area contributed by atoms with Gasteiger partial charge in [-0.15, -0.1) is 0 Å². The summed E-state index contributed by atoms with van der Waals surface area (Å²) in [5.41, 5.74) is 0.942. The zero-order chi connectivity index (χ0) is 22.0. The van der Waals surface area contributed by atoms with Gasteiger partial charge in [0.2, 0.25) is 5.91 Å². The van der Waals surface area contributed by atoms with Crippen LogP contribution in [0.5, 0.6) is 0 Å². The SMILES string of the molecule is O=C([O-])C1CCN(C(=O)CSc2nc3ccccc3c(=O)n2-c2ccc(Cl)cc2)CC1. The predicted molar refractivity (Wildman–Crippen MR) is 117 cm³/mol. The lowest BCUT2D eigenvalue weighted by Gasteiger charge is -2.32. The van der Waals surface area contributed by atoms with Crippen LogP contribution in [-0.4, -0.2) is 45.2 Å². The largest absolute Gasteiger partial charge is 0.550 e. The standard InChI is InChI=1S/C22H20ClN3O4S/c23-15-5-7-16(8-6-15)26-20(28)17-3-1-2-4-18(17)24-22(26)31-13-19(27)25-11-9-14(10-12-25)21(29)30/h1-8,14H,9-13H2,(H,29,30)/p-1. The van der Waals surface area contributed by atoms with E-state index in [1.807, 2.05) is 6.07 Å². The van der Waals surface area contributed by atoms with Gasteiger partial charge in [-0.1, -0.05) is 35.5 Å². The number of piperidine rings is 1. The van der Waals surface area contributed by atoms with Crippen LogP contribution in [0.2, 0.25) is 5.02 Å². The van der Waals surface area contributed by atoms with Gasteiger partial charge in [0, 0.05) is 30.0 Å². The molecule has 0 spiro atoms. The van der Waals surface area contributed by atoms with E-state index in [0.717, 1.165) is 0 Å². The van der Waals surface area contributed by atoms with E-state index >= 15 is 0 Å². The molecule has 2 aromatic carbocycles. The number of halogens is 1. The first-order valence-corrected chi connectivity index (χ1v) is 11.2. The van der Waals surface area contributed by atoms with E-state index in [1.165, 1.54) is 16.3 Å². The van der Waals surface area contributed by atoms with Crippen LogP contribution >= 0.6 is 23.4 Å². The number of thioether (sulfide) groups is 1. The minimum Gasteiger partial charge on any atom is -0.550 e. The molecule has 0 unspecified atom stereocenters. The Bertz CT molecular complexity index is 1190. The number of rotatable bonds is 5. The van der Waals surface area contributed by atoms with Gasteiger partial charge in [0.1, 0.15) is 0 Å². The van der Waals surface area contributed by atoms with E-state index in [4.69, 9.17) is 11.6 Å². The highest BCUT2D eigenvalue weighted by Crippen LogP contribution is 2.24. The van der Waals surface area contributed by atoms with Gasteiger partial charge in [-0.25, -0.2) is 4.98 Å². The number of fused-ring (bicyclic) bond motifs is 1. The number of carbonyl (C=O) groups is 2. The molecule has 1 amide bonds. The first-order chi connectivity index (χ1) is 14.9. The molecule has 9 heteroatoms. The van der Waals surface area contributed by atoms with Gasteiger partial charge in [0.05, 0.1) is 22.3 Å². The molecule has 0 atom stereocenters. The van der Waals surface area contributed by atoms with E-state index < -0.39 is 11.9 Å². The lowest BCUT2D eigenvalue weighted by molar-refractivity contribution is -0.312. The van der Waals surface area contributed by atoms with Crippen molar-refractivity contribution in [2.45, 2.75) is 18.0 Å². The number of aromatic nitrogens is 2. The Kier molecular flexibility index (Phi) is 6.29. The number of hydrogen-bond acceptors (Lipinski definition) is 6. The summed E-state index contributed by atoms with van der Waals surface area (Å²) in [5, 5.41) is 12.4. The summed E-state index contributed by atoms with van der Waals surface area (Å²) >= 11 is 7.18. The maximum atomic E-state index is 13.2. The monoisotopic (exact) mass is 456 g/mol. The third-order valence-electron chi connectivity index (χ3n) is 5.34. The molecule has 0 radical (unpaired) electrons. The summed E-state index contributed by atoms with van der Waals surface area (Å²) in [6.45, 7) is 0.764. The van der Waals surface area contributed by atoms with Gasteiger partial charge >= 0.3 is 0 Å². The highest BCUT2D eigenvalue weighted by atomic mass is 35.5. The molecule has 4 rings (SSSR count). The number of carboxylic acid groups (broad SMARTS) is 1. The van der Waals surface area contributed by atoms with E-state index in [2.05, 4.69) is 4.98 Å². The van der Waals surface area contributed by atoms with Crippen molar-refractivity contribution in [3.63, 3.8) is 0 Å². The summed E-state index contributed by atoms with van der Waals surface area (Å²) in [4.78, 5) is 43.2. The van der Waals surface area contributed by atoms with Gasteiger partial charge < -0.3 is 14.8 Å². The number of aliphatic carboxylic acids is 1. The van der Waals surface area contributed by atoms with Crippen LogP contribution in [0.15, 0.2) is 58.5 Å². The van der Waals surface area contributed by atoms with E-state index in [9.17, 15) is 19.5 Å². The topological polar surface area (TPSA) is 95.3 Å². The van der Waals surface area contributed by atoms with Crippen LogP contribution in [0.1, 0.15) is 12.8 Å². The maximum absolute atomic E-state index is 13.2. The zero-order valence-electron chi connectivity index (χ0n) is 16.5. The Labute approximate surface area is 187 Å². The second kappa shape index (κ2) is 9.11. The molecule has 3 aromatic rings. The van der Waals surface area contributed by atoms with Crippen molar-refractivity contribution < 1.29 is 14.7 Å². The minimum absolute atomic E-state index is 0.0916. The summed E-state index contributed by atoms with van der Waals surface area (Å²) < 4.78 is 1.49. The predicted octanol–water partition coefficient (Wildman–Crippen LogP) is 2.12. The number of carbonyl (C=O) groups excluding carboxylic acids is 2. The van der Waals surface area contributed by atoms with Crippen LogP contribution < -0.4 is 10.7 Å². The smallest absolute Gasteiger partial charge is 0.266 e. The van der Waals surface area contributed by atoms with Crippen LogP contribution in [0.25, 0.3) is 16.6 Å². The summed E-state index contributed by atoms with van der Waals surface area (Å²) in [7, 11) is 0. The Morgan fingerprint density at radius 3 is 2.45 bits per heavy atom. The highest BCUT2D eigenvalue weighted by Gasteiger charge is 2.24. The lowest BCUT2D eigenvalue weighted by atomic mass is 9.97. The molecule has 1 aliphatic rings. The van der Waals surface area contributed by atoms with Gasteiger partial charge in [-0.05, 0) is 49.2 Å². The number of amides is 1. The third-order valence-corrected chi connectivity index (χ3v) is 6.51. The molecule has 0 N–H and O–H groups in total. The van der Waals surface area contributed by atoms with Gasteiger partial charge in [0.25, 0.3) is 5.56 Å². The molecular weight excluding hydrogens is 438 g/mol. The first-order valence-electron chi connectivity index (χ1n) is 9.83.